The number of carbonyl (C=O) groups excluding carboxylic acids is 1. The van der Waals surface area contributed by atoms with Gasteiger partial charge in [0.2, 0.25) is 5.82 Å². The van der Waals surface area contributed by atoms with Gasteiger partial charge in [-0.2, -0.15) is 18.2 Å². The Bertz CT molecular complexity index is 912. The lowest BCUT2D eigenvalue weighted by molar-refractivity contribution is -0.159. The second-order valence-electron chi connectivity index (χ2n) is 5.75. The number of nitrogens with zero attached hydrogens (tertiary/aromatic N) is 4. The summed E-state index contributed by atoms with van der Waals surface area (Å²) in [5.41, 5.74) is 0.295. The molecule has 1 N–H and O–H groups in total. The number of alkyl halides is 3. The van der Waals surface area contributed by atoms with Crippen molar-refractivity contribution in [3.05, 3.63) is 41.1 Å². The minimum atomic E-state index is -4.67. The summed E-state index contributed by atoms with van der Waals surface area (Å²) in [5, 5.41) is 6.11. The molecule has 0 unspecified atom stereocenters. The third-order valence-corrected chi connectivity index (χ3v) is 4.24. The monoisotopic (exact) mass is 385 g/mol. The molecule has 0 bridgehead atoms. The molecule has 11 heteroatoms. The van der Waals surface area contributed by atoms with E-state index in [2.05, 4.69) is 25.0 Å². The highest BCUT2D eigenvalue weighted by molar-refractivity contribution is 7.15. The lowest BCUT2D eigenvalue weighted by Gasteiger charge is -2.05. The van der Waals surface area contributed by atoms with Gasteiger partial charge in [0.25, 0.3) is 5.91 Å². The average Bonchev–Trinajstić information content (AvgIpc) is 3.26. The molecule has 3 heterocycles. The van der Waals surface area contributed by atoms with Crippen LogP contribution >= 0.6 is 11.3 Å². The van der Waals surface area contributed by atoms with Crippen LogP contribution in [-0.4, -0.2) is 31.6 Å². The molecule has 0 radical (unpaired) electrons. The summed E-state index contributed by atoms with van der Waals surface area (Å²) < 4.78 is 43.5. The Balaban J connectivity index is 1.70. The number of nitrogens with one attached hydrogen (secondary N) is 1. The van der Waals surface area contributed by atoms with Gasteiger partial charge in [0.15, 0.2) is 0 Å². The van der Waals surface area contributed by atoms with Crippen molar-refractivity contribution < 1.29 is 22.5 Å². The summed E-state index contributed by atoms with van der Waals surface area (Å²) >= 11 is 1.23. The Kier molecular flexibility index (Phi) is 4.81. The Morgan fingerprint density at radius 2 is 2.15 bits per heavy atom. The number of halogens is 3. The normalized spacial score (nSPS) is 11.9. The van der Waals surface area contributed by atoms with Crippen molar-refractivity contribution in [2.24, 2.45) is 0 Å². The third-order valence-electron chi connectivity index (χ3n) is 3.17. The zero-order valence-corrected chi connectivity index (χ0v) is 14.6. The SMILES string of the molecule is CC(C)NC(=O)c1cn(Cc2ccc(-c3noc(C(F)(F)F)n3)s2)cn1. The summed E-state index contributed by atoms with van der Waals surface area (Å²) in [6.45, 7) is 4.12. The Morgan fingerprint density at radius 3 is 2.81 bits per heavy atom. The van der Waals surface area contributed by atoms with Crippen molar-refractivity contribution in [1.82, 2.24) is 25.0 Å². The highest BCUT2D eigenvalue weighted by atomic mass is 32.1. The molecule has 0 aromatic carbocycles. The van der Waals surface area contributed by atoms with Gasteiger partial charge < -0.3 is 14.4 Å². The van der Waals surface area contributed by atoms with Crippen LogP contribution in [0.1, 0.15) is 35.1 Å². The van der Waals surface area contributed by atoms with Crippen molar-refractivity contribution >= 4 is 17.2 Å². The maximum absolute atomic E-state index is 12.5. The lowest BCUT2D eigenvalue weighted by Crippen LogP contribution is -2.30. The highest BCUT2D eigenvalue weighted by Gasteiger charge is 2.38. The number of aromatic nitrogens is 4. The molecule has 0 saturated carbocycles. The van der Waals surface area contributed by atoms with Gasteiger partial charge in [0.05, 0.1) is 17.7 Å². The van der Waals surface area contributed by atoms with E-state index in [1.807, 2.05) is 13.8 Å². The van der Waals surface area contributed by atoms with Gasteiger partial charge in [-0.15, -0.1) is 11.3 Å². The number of amides is 1. The summed E-state index contributed by atoms with van der Waals surface area (Å²) in [6, 6.07) is 3.37. The topological polar surface area (TPSA) is 85.8 Å². The molecule has 1 amide bonds. The fourth-order valence-corrected chi connectivity index (χ4v) is 3.04. The number of hydrogen-bond donors (Lipinski definition) is 1. The van der Waals surface area contributed by atoms with Crippen molar-refractivity contribution in [3.8, 4) is 10.7 Å². The average molecular weight is 385 g/mol. The number of hydrogen-bond acceptors (Lipinski definition) is 6. The molecule has 0 aliphatic carbocycles. The van der Waals surface area contributed by atoms with Crippen LogP contribution in [0.3, 0.4) is 0 Å². The predicted molar refractivity (Wildman–Crippen MR) is 86.5 cm³/mol. The molecule has 3 aromatic heterocycles. The molecule has 0 aliphatic heterocycles. The van der Waals surface area contributed by atoms with E-state index in [9.17, 15) is 18.0 Å². The maximum atomic E-state index is 12.5. The van der Waals surface area contributed by atoms with Gasteiger partial charge in [0.1, 0.15) is 5.69 Å². The van der Waals surface area contributed by atoms with E-state index in [1.54, 1.807) is 22.9 Å². The van der Waals surface area contributed by atoms with E-state index in [1.165, 1.54) is 17.7 Å². The fourth-order valence-electron chi connectivity index (χ4n) is 2.10. The van der Waals surface area contributed by atoms with Gasteiger partial charge >= 0.3 is 12.1 Å². The first-order valence-corrected chi connectivity index (χ1v) is 8.36. The van der Waals surface area contributed by atoms with E-state index in [0.717, 1.165) is 4.88 Å². The van der Waals surface area contributed by atoms with Crippen LogP contribution in [0.4, 0.5) is 13.2 Å². The first-order chi connectivity index (χ1) is 12.2. The first kappa shape index (κ1) is 18.1. The number of imidazole rings is 1. The molecule has 0 fully saturated rings. The van der Waals surface area contributed by atoms with Crippen LogP contribution in [0.5, 0.6) is 0 Å². The molecule has 0 saturated heterocycles. The number of thiophene rings is 1. The van der Waals surface area contributed by atoms with Crippen molar-refractivity contribution in [1.29, 1.82) is 0 Å². The summed E-state index contributed by atoms with van der Waals surface area (Å²) in [6.07, 6.45) is -1.55. The quantitative estimate of drug-likeness (QED) is 0.729. The van der Waals surface area contributed by atoms with Crippen LogP contribution in [0.15, 0.2) is 29.2 Å². The minimum Gasteiger partial charge on any atom is -0.348 e. The molecule has 138 valence electrons. The Morgan fingerprint density at radius 1 is 1.38 bits per heavy atom. The van der Waals surface area contributed by atoms with E-state index in [-0.39, 0.29) is 17.8 Å². The number of rotatable bonds is 5. The van der Waals surface area contributed by atoms with Crippen molar-refractivity contribution in [2.45, 2.75) is 32.6 Å². The Labute approximate surface area is 149 Å². The zero-order valence-electron chi connectivity index (χ0n) is 13.7. The van der Waals surface area contributed by atoms with Gasteiger partial charge in [-0.3, -0.25) is 4.79 Å². The third kappa shape index (κ3) is 4.10. The maximum Gasteiger partial charge on any atom is 0.471 e. The van der Waals surface area contributed by atoms with Crippen LogP contribution in [0.25, 0.3) is 10.7 Å². The molecular weight excluding hydrogens is 371 g/mol. The van der Waals surface area contributed by atoms with Gasteiger partial charge in [-0.1, -0.05) is 5.16 Å². The zero-order chi connectivity index (χ0) is 18.9. The largest absolute Gasteiger partial charge is 0.471 e. The minimum absolute atomic E-state index is 0.00375. The summed E-state index contributed by atoms with van der Waals surface area (Å²) in [7, 11) is 0. The summed E-state index contributed by atoms with van der Waals surface area (Å²) in [4.78, 5) is 20.6. The molecular formula is C15H14F3N5O2S. The van der Waals surface area contributed by atoms with Gasteiger partial charge in [-0.05, 0) is 26.0 Å². The predicted octanol–water partition coefficient (Wildman–Crippen LogP) is 3.20. The first-order valence-electron chi connectivity index (χ1n) is 7.55. The second kappa shape index (κ2) is 6.90. The van der Waals surface area contributed by atoms with E-state index >= 15 is 0 Å². The molecule has 0 atom stereocenters. The molecule has 7 nitrogen and oxygen atoms in total. The van der Waals surface area contributed by atoms with E-state index < -0.39 is 12.1 Å². The fraction of sp³-hybridized carbons (Fsp3) is 0.333. The van der Waals surface area contributed by atoms with Crippen LogP contribution in [0, 0.1) is 0 Å². The van der Waals surface area contributed by atoms with E-state index in [0.29, 0.717) is 17.1 Å². The van der Waals surface area contributed by atoms with Crippen LogP contribution in [0.2, 0.25) is 0 Å². The van der Waals surface area contributed by atoms with Crippen molar-refractivity contribution in [2.75, 3.05) is 0 Å². The van der Waals surface area contributed by atoms with Crippen LogP contribution < -0.4 is 5.32 Å². The molecule has 26 heavy (non-hydrogen) atoms. The number of carbonyl (C=O) groups is 1. The van der Waals surface area contributed by atoms with E-state index in [4.69, 9.17) is 0 Å². The smallest absolute Gasteiger partial charge is 0.348 e. The lowest BCUT2D eigenvalue weighted by atomic mass is 10.3. The molecule has 3 rings (SSSR count). The van der Waals surface area contributed by atoms with Gasteiger partial charge in [-0.25, -0.2) is 4.98 Å². The van der Waals surface area contributed by atoms with Crippen LogP contribution in [-0.2, 0) is 12.7 Å². The highest BCUT2D eigenvalue weighted by Crippen LogP contribution is 2.31. The Hall–Kier alpha value is -2.69. The van der Waals surface area contributed by atoms with Crippen molar-refractivity contribution in [3.63, 3.8) is 0 Å². The standard InChI is InChI=1S/C15H14F3N5O2S/c1-8(2)20-13(24)10-6-23(7-19-10)5-9-3-4-11(26-9)12-21-14(25-22-12)15(16,17)18/h3-4,6-8H,5H2,1-2H3,(H,20,24). The molecule has 3 aromatic rings. The van der Waals surface area contributed by atoms with Gasteiger partial charge in [0, 0.05) is 17.1 Å². The second-order valence-corrected chi connectivity index (χ2v) is 6.91. The summed E-state index contributed by atoms with van der Waals surface area (Å²) in [5.74, 6) is -1.76. The molecule has 0 aliphatic rings. The molecule has 0 spiro atoms.